The molecule has 3 unspecified atom stereocenters. The minimum atomic E-state index is 0.239. The summed E-state index contributed by atoms with van der Waals surface area (Å²) in [5, 5.41) is 3.79. The Morgan fingerprint density at radius 1 is 1.47 bits per heavy atom. The van der Waals surface area contributed by atoms with Crippen molar-refractivity contribution in [3.63, 3.8) is 0 Å². The van der Waals surface area contributed by atoms with Crippen LogP contribution in [-0.2, 0) is 4.74 Å². The molecule has 0 spiro atoms. The van der Waals surface area contributed by atoms with Crippen molar-refractivity contribution in [1.82, 2.24) is 5.32 Å². The largest absolute Gasteiger partial charge is 0.378 e. The average Bonchev–Trinajstić information content (AvgIpc) is 2.67. The fourth-order valence-electron chi connectivity index (χ4n) is 3.12. The first kappa shape index (κ1) is 15.0. The van der Waals surface area contributed by atoms with Crippen LogP contribution in [0.2, 0.25) is 0 Å². The molecule has 1 heterocycles. The van der Waals surface area contributed by atoms with E-state index in [1.807, 2.05) is 11.3 Å². The molecular weight excluding hydrogens is 254 g/mol. The van der Waals surface area contributed by atoms with Crippen molar-refractivity contribution >= 4 is 11.3 Å². The first-order valence-electron chi connectivity index (χ1n) is 7.30. The normalized spacial score (nSPS) is 27.1. The summed E-state index contributed by atoms with van der Waals surface area (Å²) in [7, 11) is 0. The highest BCUT2D eigenvalue weighted by Gasteiger charge is 2.49. The van der Waals surface area contributed by atoms with Crippen molar-refractivity contribution in [2.45, 2.75) is 66.2 Å². The van der Waals surface area contributed by atoms with Crippen molar-refractivity contribution < 1.29 is 4.74 Å². The second-order valence-corrected chi connectivity index (χ2v) is 7.77. The van der Waals surface area contributed by atoms with Crippen molar-refractivity contribution in [2.24, 2.45) is 5.41 Å². The molecule has 19 heavy (non-hydrogen) atoms. The lowest BCUT2D eigenvalue weighted by atomic mass is 9.64. The van der Waals surface area contributed by atoms with E-state index < -0.39 is 0 Å². The lowest BCUT2D eigenvalue weighted by Crippen LogP contribution is -2.61. The second kappa shape index (κ2) is 5.55. The Bertz CT molecular complexity index is 438. The summed E-state index contributed by atoms with van der Waals surface area (Å²) in [4.78, 5) is 2.84. The smallest absolute Gasteiger partial charge is 0.0655 e. The van der Waals surface area contributed by atoms with Gasteiger partial charge in [-0.3, -0.25) is 0 Å². The predicted octanol–water partition coefficient (Wildman–Crippen LogP) is 4.22. The summed E-state index contributed by atoms with van der Waals surface area (Å²) in [5.41, 5.74) is 1.70. The van der Waals surface area contributed by atoms with Gasteiger partial charge in [-0.25, -0.2) is 0 Å². The third-order valence-corrected chi connectivity index (χ3v) is 5.52. The van der Waals surface area contributed by atoms with E-state index in [-0.39, 0.29) is 5.41 Å². The zero-order valence-corrected chi connectivity index (χ0v) is 13.9. The fraction of sp³-hybridized carbons (Fsp3) is 0.750. The van der Waals surface area contributed by atoms with Crippen molar-refractivity contribution in [3.8, 4) is 0 Å². The lowest BCUT2D eigenvalue weighted by molar-refractivity contribution is -0.116. The van der Waals surface area contributed by atoms with Crippen LogP contribution in [0.25, 0.3) is 0 Å². The van der Waals surface area contributed by atoms with Crippen molar-refractivity contribution in [1.29, 1.82) is 0 Å². The number of nitrogens with one attached hydrogen (secondary N) is 1. The number of aryl methyl sites for hydroxylation is 2. The number of thiophene rings is 1. The topological polar surface area (TPSA) is 21.3 Å². The van der Waals surface area contributed by atoms with Gasteiger partial charge in [-0.2, -0.15) is 0 Å². The zero-order valence-electron chi connectivity index (χ0n) is 13.0. The molecule has 0 amide bonds. The number of rotatable bonds is 5. The first-order valence-corrected chi connectivity index (χ1v) is 8.12. The van der Waals surface area contributed by atoms with Gasteiger partial charge >= 0.3 is 0 Å². The molecule has 3 heteroatoms. The van der Waals surface area contributed by atoms with Crippen molar-refractivity contribution in [3.05, 3.63) is 21.4 Å². The van der Waals surface area contributed by atoms with Gasteiger partial charge in [0.25, 0.3) is 0 Å². The minimum absolute atomic E-state index is 0.239. The molecule has 1 saturated carbocycles. The molecule has 1 aliphatic rings. The number of ether oxygens (including phenoxy) is 1. The Labute approximate surface area is 121 Å². The van der Waals surface area contributed by atoms with Crippen LogP contribution in [0, 0.1) is 19.3 Å². The molecule has 1 aliphatic carbocycles. The maximum absolute atomic E-state index is 5.80. The Morgan fingerprint density at radius 3 is 2.63 bits per heavy atom. The van der Waals surface area contributed by atoms with Crippen LogP contribution in [-0.4, -0.2) is 18.8 Å². The summed E-state index contributed by atoms with van der Waals surface area (Å²) >= 11 is 1.89. The van der Waals surface area contributed by atoms with Gasteiger partial charge in [-0.15, -0.1) is 11.3 Å². The van der Waals surface area contributed by atoms with Crippen LogP contribution in [0.4, 0.5) is 0 Å². The van der Waals surface area contributed by atoms with Gasteiger partial charge in [-0.1, -0.05) is 13.8 Å². The Kier molecular flexibility index (Phi) is 4.38. The Hall–Kier alpha value is -0.380. The second-order valence-electron chi connectivity index (χ2n) is 6.31. The van der Waals surface area contributed by atoms with E-state index in [0.717, 1.165) is 13.0 Å². The van der Waals surface area contributed by atoms with Gasteiger partial charge in [0.05, 0.1) is 6.10 Å². The molecule has 1 aromatic rings. The van der Waals surface area contributed by atoms with Crippen LogP contribution < -0.4 is 5.32 Å². The van der Waals surface area contributed by atoms with Gasteiger partial charge in [0.15, 0.2) is 0 Å². The molecule has 1 fully saturated rings. The SMILES string of the molecule is CCOC1CC(NC(C)c2cc(C)sc2C)C1(C)C. The molecule has 1 N–H and O–H groups in total. The molecule has 2 nitrogen and oxygen atoms in total. The molecule has 0 aliphatic heterocycles. The molecule has 0 saturated heterocycles. The van der Waals surface area contributed by atoms with E-state index in [1.165, 1.54) is 15.3 Å². The molecule has 0 bridgehead atoms. The van der Waals surface area contributed by atoms with Crippen LogP contribution in [0.1, 0.15) is 55.5 Å². The van der Waals surface area contributed by atoms with Crippen LogP contribution in [0.5, 0.6) is 0 Å². The summed E-state index contributed by atoms with van der Waals surface area (Å²) in [6.07, 6.45) is 1.54. The average molecular weight is 281 g/mol. The first-order chi connectivity index (χ1) is 8.86. The summed E-state index contributed by atoms with van der Waals surface area (Å²) in [6.45, 7) is 14.2. The molecular formula is C16H27NOS. The Balaban J connectivity index is 1.97. The van der Waals surface area contributed by atoms with Gasteiger partial charge in [0.2, 0.25) is 0 Å². The number of hydrogen-bond acceptors (Lipinski definition) is 3. The number of hydrogen-bond donors (Lipinski definition) is 1. The maximum Gasteiger partial charge on any atom is 0.0655 e. The van der Waals surface area contributed by atoms with Gasteiger partial charge in [0.1, 0.15) is 0 Å². The van der Waals surface area contributed by atoms with E-state index >= 15 is 0 Å². The van der Waals surface area contributed by atoms with Crippen molar-refractivity contribution in [2.75, 3.05) is 6.61 Å². The van der Waals surface area contributed by atoms with E-state index in [0.29, 0.717) is 18.2 Å². The Morgan fingerprint density at radius 2 is 2.16 bits per heavy atom. The highest BCUT2D eigenvalue weighted by molar-refractivity contribution is 7.12. The summed E-state index contributed by atoms with van der Waals surface area (Å²) < 4.78 is 5.80. The molecule has 0 radical (unpaired) electrons. The molecule has 0 aromatic carbocycles. The van der Waals surface area contributed by atoms with E-state index in [4.69, 9.17) is 4.74 Å². The highest BCUT2D eigenvalue weighted by atomic mass is 32.1. The van der Waals surface area contributed by atoms with Crippen LogP contribution in [0.3, 0.4) is 0 Å². The molecule has 2 rings (SSSR count). The van der Waals surface area contributed by atoms with Gasteiger partial charge in [-0.05, 0) is 45.7 Å². The molecule has 3 atom stereocenters. The molecule has 1 aromatic heterocycles. The third-order valence-electron chi connectivity index (χ3n) is 4.54. The van der Waals surface area contributed by atoms with E-state index in [1.54, 1.807) is 0 Å². The quantitative estimate of drug-likeness (QED) is 0.872. The zero-order chi connectivity index (χ0) is 14.2. The standard InChI is InChI=1S/C16H27NOS/c1-7-18-15-9-14(16(15,5)6)17-11(3)13-8-10(2)19-12(13)4/h8,11,14-15,17H,7,9H2,1-6H3. The summed E-state index contributed by atoms with van der Waals surface area (Å²) in [6, 6.07) is 3.30. The third kappa shape index (κ3) is 2.88. The highest BCUT2D eigenvalue weighted by Crippen LogP contribution is 2.44. The van der Waals surface area contributed by atoms with Crippen LogP contribution in [0.15, 0.2) is 6.07 Å². The van der Waals surface area contributed by atoms with Gasteiger partial charge < -0.3 is 10.1 Å². The van der Waals surface area contributed by atoms with E-state index in [2.05, 4.69) is 52.9 Å². The van der Waals surface area contributed by atoms with Gasteiger partial charge in [0, 0.05) is 33.9 Å². The fourth-order valence-corrected chi connectivity index (χ4v) is 4.15. The summed E-state index contributed by atoms with van der Waals surface area (Å²) in [5.74, 6) is 0. The lowest BCUT2D eigenvalue weighted by Gasteiger charge is -2.52. The van der Waals surface area contributed by atoms with E-state index in [9.17, 15) is 0 Å². The predicted molar refractivity (Wildman–Crippen MR) is 82.9 cm³/mol. The maximum atomic E-state index is 5.80. The monoisotopic (exact) mass is 281 g/mol. The minimum Gasteiger partial charge on any atom is -0.378 e. The molecule has 108 valence electrons. The van der Waals surface area contributed by atoms with Crippen LogP contribution >= 0.6 is 11.3 Å².